The van der Waals surface area contributed by atoms with Gasteiger partial charge in [0.2, 0.25) is 17.7 Å². The van der Waals surface area contributed by atoms with E-state index in [1.54, 1.807) is 0 Å². The van der Waals surface area contributed by atoms with Crippen molar-refractivity contribution in [2.75, 3.05) is 25.5 Å². The predicted octanol–water partition coefficient (Wildman–Crippen LogP) is 1.64. The lowest BCUT2D eigenvalue weighted by molar-refractivity contribution is -0.126. The average Bonchev–Trinajstić information content (AvgIpc) is 2.67. The second kappa shape index (κ2) is 10.7. The number of nitrogens with one attached hydrogen (secondary N) is 3. The molecule has 148 valence electrons. The number of para-hydroxylation sites is 1. The Hall–Kier alpha value is -2.41. The molecule has 3 amide bonds. The highest BCUT2D eigenvalue weighted by Gasteiger charge is 2.19. The maximum Gasteiger partial charge on any atom is 0.243 e. The molecule has 27 heavy (non-hydrogen) atoms. The number of carbonyl (C=O) groups is 3. The van der Waals surface area contributed by atoms with Gasteiger partial charge in [-0.05, 0) is 31.5 Å². The van der Waals surface area contributed by atoms with Crippen LogP contribution in [-0.2, 0) is 20.9 Å². The van der Waals surface area contributed by atoms with Crippen molar-refractivity contribution < 1.29 is 14.4 Å². The summed E-state index contributed by atoms with van der Waals surface area (Å²) in [6, 6.07) is 8.34. The molecule has 7 heteroatoms. The second-order valence-electron chi connectivity index (χ2n) is 7.10. The molecule has 0 spiro atoms. The van der Waals surface area contributed by atoms with Crippen LogP contribution in [0.2, 0.25) is 0 Å². The van der Waals surface area contributed by atoms with Gasteiger partial charge in [0.15, 0.2) is 0 Å². The second-order valence-corrected chi connectivity index (χ2v) is 7.10. The van der Waals surface area contributed by atoms with Gasteiger partial charge in [-0.1, -0.05) is 37.5 Å². The van der Waals surface area contributed by atoms with E-state index in [-0.39, 0.29) is 24.9 Å². The monoisotopic (exact) mass is 374 g/mol. The third kappa shape index (κ3) is 7.38. The zero-order chi connectivity index (χ0) is 19.6. The molecule has 1 aliphatic carbocycles. The Labute approximate surface area is 160 Å². The highest BCUT2D eigenvalue weighted by molar-refractivity contribution is 5.95. The molecule has 0 aliphatic heterocycles. The van der Waals surface area contributed by atoms with Crippen molar-refractivity contribution in [3.05, 3.63) is 29.8 Å². The van der Waals surface area contributed by atoms with Gasteiger partial charge in [-0.15, -0.1) is 0 Å². The van der Waals surface area contributed by atoms with E-state index in [1.165, 1.54) is 39.0 Å². The number of anilines is 1. The first-order valence-electron chi connectivity index (χ1n) is 9.55. The minimum atomic E-state index is -0.398. The quantitative estimate of drug-likeness (QED) is 0.645. The Morgan fingerprint density at radius 1 is 1.00 bits per heavy atom. The van der Waals surface area contributed by atoms with Gasteiger partial charge in [-0.2, -0.15) is 0 Å². The molecule has 0 radical (unpaired) electrons. The molecule has 2 rings (SSSR count). The molecule has 7 nitrogen and oxygen atoms in total. The van der Waals surface area contributed by atoms with Crippen LogP contribution >= 0.6 is 0 Å². The minimum Gasteiger partial charge on any atom is -0.347 e. The SMILES string of the molecule is CC(=O)NCC(=O)NCC(=O)Nc1ccccc1CN(C)C1CCCCC1. The van der Waals surface area contributed by atoms with Crippen molar-refractivity contribution in [1.82, 2.24) is 15.5 Å². The van der Waals surface area contributed by atoms with E-state index in [4.69, 9.17) is 0 Å². The van der Waals surface area contributed by atoms with E-state index in [9.17, 15) is 14.4 Å². The highest BCUT2D eigenvalue weighted by atomic mass is 16.2. The number of hydrogen-bond acceptors (Lipinski definition) is 4. The summed E-state index contributed by atoms with van der Waals surface area (Å²) in [7, 11) is 2.14. The molecule has 1 saturated carbocycles. The summed E-state index contributed by atoms with van der Waals surface area (Å²) in [5, 5.41) is 7.76. The summed E-state index contributed by atoms with van der Waals surface area (Å²) in [5.74, 6) is -0.977. The van der Waals surface area contributed by atoms with E-state index >= 15 is 0 Å². The summed E-state index contributed by atoms with van der Waals surface area (Å²) < 4.78 is 0. The van der Waals surface area contributed by atoms with Crippen LogP contribution in [0.4, 0.5) is 5.69 Å². The summed E-state index contributed by atoms with van der Waals surface area (Å²) in [6.07, 6.45) is 6.35. The van der Waals surface area contributed by atoms with Crippen LogP contribution in [0, 0.1) is 0 Å². The summed E-state index contributed by atoms with van der Waals surface area (Å²) in [6.45, 7) is 1.84. The van der Waals surface area contributed by atoms with Crippen molar-refractivity contribution >= 4 is 23.4 Å². The van der Waals surface area contributed by atoms with Crippen molar-refractivity contribution in [3.8, 4) is 0 Å². The smallest absolute Gasteiger partial charge is 0.243 e. The zero-order valence-electron chi connectivity index (χ0n) is 16.2. The van der Waals surface area contributed by atoms with E-state index in [2.05, 4.69) is 27.9 Å². The normalized spacial score (nSPS) is 14.6. The molecule has 1 fully saturated rings. The van der Waals surface area contributed by atoms with E-state index in [0.717, 1.165) is 17.8 Å². The van der Waals surface area contributed by atoms with Crippen molar-refractivity contribution in [1.29, 1.82) is 0 Å². The van der Waals surface area contributed by atoms with Gasteiger partial charge in [0, 0.05) is 25.2 Å². The van der Waals surface area contributed by atoms with E-state index in [1.807, 2.05) is 24.3 Å². The molecular weight excluding hydrogens is 344 g/mol. The lowest BCUT2D eigenvalue weighted by Crippen LogP contribution is -2.39. The molecule has 1 aliphatic rings. The Balaban J connectivity index is 1.86. The van der Waals surface area contributed by atoms with Crippen LogP contribution in [0.25, 0.3) is 0 Å². The number of benzene rings is 1. The first kappa shape index (κ1) is 20.9. The zero-order valence-corrected chi connectivity index (χ0v) is 16.2. The standard InChI is InChI=1S/C20H30N4O3/c1-15(25)21-12-19(26)22-13-20(27)23-18-11-7-6-8-16(18)14-24(2)17-9-4-3-5-10-17/h6-8,11,17H,3-5,9-10,12-14H2,1-2H3,(H,21,25)(H,22,26)(H,23,27). The van der Waals surface area contributed by atoms with Crippen LogP contribution in [0.3, 0.4) is 0 Å². The molecule has 0 aromatic heterocycles. The number of nitrogens with zero attached hydrogens (tertiary/aromatic N) is 1. The number of rotatable bonds is 8. The Kier molecular flexibility index (Phi) is 8.26. The Bertz CT molecular complexity index is 656. The third-order valence-corrected chi connectivity index (χ3v) is 4.85. The molecule has 0 unspecified atom stereocenters. The van der Waals surface area contributed by atoms with E-state index in [0.29, 0.717) is 6.04 Å². The maximum absolute atomic E-state index is 12.2. The van der Waals surface area contributed by atoms with Crippen molar-refractivity contribution in [3.63, 3.8) is 0 Å². The largest absolute Gasteiger partial charge is 0.347 e. The van der Waals surface area contributed by atoms with Gasteiger partial charge in [-0.3, -0.25) is 19.3 Å². The van der Waals surface area contributed by atoms with Crippen molar-refractivity contribution in [2.45, 2.75) is 51.6 Å². The van der Waals surface area contributed by atoms with Crippen LogP contribution in [0.15, 0.2) is 24.3 Å². The first-order valence-corrected chi connectivity index (χ1v) is 9.55. The number of amides is 3. The van der Waals surface area contributed by atoms with E-state index < -0.39 is 5.91 Å². The van der Waals surface area contributed by atoms with Gasteiger partial charge in [0.1, 0.15) is 0 Å². The fourth-order valence-electron chi connectivity index (χ4n) is 3.34. The summed E-state index contributed by atoms with van der Waals surface area (Å²) >= 11 is 0. The van der Waals surface area contributed by atoms with Gasteiger partial charge in [0.25, 0.3) is 0 Å². The first-order chi connectivity index (χ1) is 13.0. The molecule has 1 aromatic carbocycles. The lowest BCUT2D eigenvalue weighted by Gasteiger charge is -2.31. The third-order valence-electron chi connectivity index (χ3n) is 4.85. The van der Waals surface area contributed by atoms with Gasteiger partial charge < -0.3 is 16.0 Å². The van der Waals surface area contributed by atoms with Crippen LogP contribution in [0.5, 0.6) is 0 Å². The number of hydrogen-bond donors (Lipinski definition) is 3. The predicted molar refractivity (Wildman–Crippen MR) is 105 cm³/mol. The Morgan fingerprint density at radius 3 is 2.37 bits per heavy atom. The number of carbonyl (C=O) groups excluding carboxylic acids is 3. The van der Waals surface area contributed by atoms with Crippen LogP contribution in [-0.4, -0.2) is 48.8 Å². The molecule has 3 N–H and O–H groups in total. The maximum atomic E-state index is 12.2. The fourth-order valence-corrected chi connectivity index (χ4v) is 3.34. The van der Waals surface area contributed by atoms with Crippen LogP contribution in [0.1, 0.15) is 44.6 Å². The molecule has 1 aromatic rings. The molecule has 0 heterocycles. The van der Waals surface area contributed by atoms with Gasteiger partial charge in [0.05, 0.1) is 13.1 Å². The summed E-state index contributed by atoms with van der Waals surface area (Å²) in [4.78, 5) is 36.9. The fraction of sp³-hybridized carbons (Fsp3) is 0.550. The Morgan fingerprint density at radius 2 is 1.67 bits per heavy atom. The summed E-state index contributed by atoms with van der Waals surface area (Å²) in [5.41, 5.74) is 1.82. The molecule has 0 bridgehead atoms. The molecule has 0 saturated heterocycles. The lowest BCUT2D eigenvalue weighted by atomic mass is 9.94. The minimum absolute atomic E-state index is 0.134. The van der Waals surface area contributed by atoms with Crippen LogP contribution < -0.4 is 16.0 Å². The molecular formula is C20H30N4O3. The van der Waals surface area contributed by atoms with Gasteiger partial charge >= 0.3 is 0 Å². The van der Waals surface area contributed by atoms with Gasteiger partial charge in [-0.25, -0.2) is 0 Å². The average molecular weight is 374 g/mol. The highest BCUT2D eigenvalue weighted by Crippen LogP contribution is 2.24. The molecule has 0 atom stereocenters. The topological polar surface area (TPSA) is 90.5 Å². The van der Waals surface area contributed by atoms with Crippen molar-refractivity contribution in [2.24, 2.45) is 0 Å².